The number of amides is 2. The van der Waals surface area contributed by atoms with Gasteiger partial charge >= 0.3 is 12.0 Å². The Morgan fingerprint density at radius 3 is 2.26 bits per heavy atom. The van der Waals surface area contributed by atoms with Crippen molar-refractivity contribution in [2.24, 2.45) is 0 Å². The molecule has 0 spiro atoms. The second-order valence-electron chi connectivity index (χ2n) is 4.64. The van der Waals surface area contributed by atoms with E-state index in [0.717, 1.165) is 6.42 Å². The van der Waals surface area contributed by atoms with Gasteiger partial charge in [0, 0.05) is 32.7 Å². The first-order valence-electron chi connectivity index (χ1n) is 6.46. The second kappa shape index (κ2) is 9.57. The SMILES string of the molecule is CCCN(CCN(C)C)C(=O)NC(CCO)C(=O)O. The van der Waals surface area contributed by atoms with Gasteiger partial charge in [-0.3, -0.25) is 0 Å². The van der Waals surface area contributed by atoms with Crippen molar-refractivity contribution < 1.29 is 19.8 Å². The van der Waals surface area contributed by atoms with Crippen molar-refractivity contribution in [3.63, 3.8) is 0 Å². The molecule has 3 N–H and O–H groups in total. The second-order valence-corrected chi connectivity index (χ2v) is 4.64. The molecule has 0 aliphatic carbocycles. The molecule has 7 heteroatoms. The number of carboxylic acids is 1. The van der Waals surface area contributed by atoms with Gasteiger partial charge in [-0.15, -0.1) is 0 Å². The number of urea groups is 1. The number of likely N-dealkylation sites (N-methyl/N-ethyl adjacent to an activating group) is 1. The number of nitrogens with one attached hydrogen (secondary N) is 1. The van der Waals surface area contributed by atoms with Gasteiger partial charge in [0.15, 0.2) is 0 Å². The van der Waals surface area contributed by atoms with Gasteiger partial charge in [-0.1, -0.05) is 6.92 Å². The predicted molar refractivity (Wildman–Crippen MR) is 72.1 cm³/mol. The van der Waals surface area contributed by atoms with Crippen molar-refractivity contribution in [1.82, 2.24) is 15.1 Å². The van der Waals surface area contributed by atoms with Gasteiger partial charge in [0.25, 0.3) is 0 Å². The molecule has 112 valence electrons. The number of carbonyl (C=O) groups excluding carboxylic acids is 1. The van der Waals surface area contributed by atoms with Crippen LogP contribution in [-0.2, 0) is 4.79 Å². The summed E-state index contributed by atoms with van der Waals surface area (Å²) in [6, 6.07) is -1.44. The van der Waals surface area contributed by atoms with Gasteiger partial charge < -0.3 is 25.3 Å². The maximum atomic E-state index is 12.0. The van der Waals surface area contributed by atoms with E-state index in [0.29, 0.717) is 19.6 Å². The first-order valence-corrected chi connectivity index (χ1v) is 6.46. The quantitative estimate of drug-likeness (QED) is 0.542. The minimum atomic E-state index is -1.13. The fourth-order valence-electron chi connectivity index (χ4n) is 1.53. The van der Waals surface area contributed by atoms with E-state index in [2.05, 4.69) is 5.32 Å². The number of carboxylic acid groups (broad SMARTS) is 1. The van der Waals surface area contributed by atoms with Crippen LogP contribution in [0.15, 0.2) is 0 Å². The van der Waals surface area contributed by atoms with Crippen molar-refractivity contribution in [3.8, 4) is 0 Å². The van der Waals surface area contributed by atoms with Crippen LogP contribution in [-0.4, -0.2) is 78.4 Å². The molecule has 1 atom stereocenters. The highest BCUT2D eigenvalue weighted by atomic mass is 16.4. The Morgan fingerprint density at radius 1 is 1.21 bits per heavy atom. The topological polar surface area (TPSA) is 93.1 Å². The Balaban J connectivity index is 4.47. The van der Waals surface area contributed by atoms with Crippen LogP contribution < -0.4 is 5.32 Å². The smallest absolute Gasteiger partial charge is 0.326 e. The van der Waals surface area contributed by atoms with Crippen LogP contribution in [0, 0.1) is 0 Å². The summed E-state index contributed by atoms with van der Waals surface area (Å²) in [6.45, 7) is 3.51. The molecule has 0 fully saturated rings. The molecule has 0 aliphatic heterocycles. The first kappa shape index (κ1) is 17.7. The predicted octanol–water partition coefficient (Wildman–Crippen LogP) is -0.195. The average Bonchev–Trinajstić information content (AvgIpc) is 2.33. The highest BCUT2D eigenvalue weighted by molar-refractivity contribution is 5.82. The molecular formula is C12H25N3O4. The van der Waals surface area contributed by atoms with Crippen molar-refractivity contribution in [1.29, 1.82) is 0 Å². The van der Waals surface area contributed by atoms with Gasteiger partial charge in [0.05, 0.1) is 0 Å². The maximum Gasteiger partial charge on any atom is 0.326 e. The van der Waals surface area contributed by atoms with E-state index < -0.39 is 18.0 Å². The van der Waals surface area contributed by atoms with Gasteiger partial charge in [-0.25, -0.2) is 9.59 Å². The highest BCUT2D eigenvalue weighted by Gasteiger charge is 2.22. The summed E-state index contributed by atoms with van der Waals surface area (Å²) in [7, 11) is 3.82. The normalized spacial score (nSPS) is 12.3. The molecule has 0 aliphatic rings. The summed E-state index contributed by atoms with van der Waals surface area (Å²) >= 11 is 0. The van der Waals surface area contributed by atoms with Crippen molar-refractivity contribution >= 4 is 12.0 Å². The van der Waals surface area contributed by atoms with Crippen LogP contribution in [0.25, 0.3) is 0 Å². The lowest BCUT2D eigenvalue weighted by molar-refractivity contribution is -0.139. The summed E-state index contributed by atoms with van der Waals surface area (Å²) in [6.07, 6.45) is 0.813. The van der Waals surface area contributed by atoms with Crippen LogP contribution in [0.1, 0.15) is 19.8 Å². The van der Waals surface area contributed by atoms with Crippen LogP contribution in [0.5, 0.6) is 0 Å². The Labute approximate surface area is 114 Å². The summed E-state index contributed by atoms with van der Waals surface area (Å²) < 4.78 is 0. The molecule has 1 unspecified atom stereocenters. The average molecular weight is 275 g/mol. The molecule has 0 heterocycles. The Hall–Kier alpha value is -1.34. The zero-order chi connectivity index (χ0) is 14.8. The Bertz CT molecular complexity index is 284. The minimum absolute atomic E-state index is 0.00865. The molecule has 0 saturated carbocycles. The first-order chi connectivity index (χ1) is 8.92. The standard InChI is InChI=1S/C12H25N3O4/c1-4-6-15(8-7-14(2)3)12(19)13-10(5-9-16)11(17)18/h10,16H,4-9H2,1-3H3,(H,13,19)(H,17,18). The number of hydrogen-bond donors (Lipinski definition) is 3. The number of carbonyl (C=O) groups is 2. The lowest BCUT2D eigenvalue weighted by Gasteiger charge is -2.26. The monoisotopic (exact) mass is 275 g/mol. The van der Waals surface area contributed by atoms with E-state index in [1.54, 1.807) is 4.90 Å². The van der Waals surface area contributed by atoms with E-state index >= 15 is 0 Å². The molecule has 0 aromatic rings. The van der Waals surface area contributed by atoms with E-state index in [4.69, 9.17) is 10.2 Å². The number of hydrogen-bond acceptors (Lipinski definition) is 4. The molecule has 2 amide bonds. The molecule has 0 aromatic carbocycles. The fraction of sp³-hybridized carbons (Fsp3) is 0.833. The number of aliphatic carboxylic acids is 1. The molecule has 0 bridgehead atoms. The maximum absolute atomic E-state index is 12.0. The van der Waals surface area contributed by atoms with Crippen LogP contribution in [0.2, 0.25) is 0 Å². The number of rotatable bonds is 9. The Kier molecular flexibility index (Phi) is 8.90. The zero-order valence-electron chi connectivity index (χ0n) is 11.9. The third-order valence-corrected chi connectivity index (χ3v) is 2.61. The minimum Gasteiger partial charge on any atom is -0.480 e. The lowest BCUT2D eigenvalue weighted by atomic mass is 10.2. The summed E-state index contributed by atoms with van der Waals surface area (Å²) in [5.74, 6) is -1.13. The van der Waals surface area contributed by atoms with Crippen molar-refractivity contribution in [2.45, 2.75) is 25.8 Å². The number of nitrogens with zero attached hydrogens (tertiary/aromatic N) is 2. The van der Waals surface area contributed by atoms with Crippen LogP contribution >= 0.6 is 0 Å². The van der Waals surface area contributed by atoms with E-state index in [-0.39, 0.29) is 13.0 Å². The van der Waals surface area contributed by atoms with Gasteiger partial charge in [-0.2, -0.15) is 0 Å². The lowest BCUT2D eigenvalue weighted by Crippen LogP contribution is -2.49. The van der Waals surface area contributed by atoms with Gasteiger partial charge in [0.1, 0.15) is 6.04 Å². The summed E-state index contributed by atoms with van der Waals surface area (Å²) in [4.78, 5) is 26.5. The number of aliphatic hydroxyl groups excluding tert-OH is 1. The third kappa shape index (κ3) is 7.63. The molecule has 0 radical (unpaired) electrons. The largest absolute Gasteiger partial charge is 0.480 e. The van der Waals surface area contributed by atoms with Gasteiger partial charge in [0.2, 0.25) is 0 Å². The zero-order valence-corrected chi connectivity index (χ0v) is 11.9. The summed E-state index contributed by atoms with van der Waals surface area (Å²) in [5, 5.41) is 20.1. The molecule has 19 heavy (non-hydrogen) atoms. The Morgan fingerprint density at radius 2 is 1.84 bits per heavy atom. The van der Waals surface area contributed by atoms with Crippen LogP contribution in [0.3, 0.4) is 0 Å². The van der Waals surface area contributed by atoms with Crippen molar-refractivity contribution in [3.05, 3.63) is 0 Å². The molecular weight excluding hydrogens is 250 g/mol. The van der Waals surface area contributed by atoms with Gasteiger partial charge in [-0.05, 0) is 20.5 Å². The van der Waals surface area contributed by atoms with Crippen LogP contribution in [0.4, 0.5) is 4.79 Å². The highest BCUT2D eigenvalue weighted by Crippen LogP contribution is 1.98. The third-order valence-electron chi connectivity index (χ3n) is 2.61. The van der Waals surface area contributed by atoms with E-state index in [1.807, 2.05) is 25.9 Å². The number of aliphatic hydroxyl groups is 1. The molecule has 7 nitrogen and oxygen atoms in total. The molecule has 0 rings (SSSR count). The fourth-order valence-corrected chi connectivity index (χ4v) is 1.53. The summed E-state index contributed by atoms with van der Waals surface area (Å²) in [5.41, 5.74) is 0. The van der Waals surface area contributed by atoms with E-state index in [1.165, 1.54) is 0 Å². The van der Waals surface area contributed by atoms with Crippen molar-refractivity contribution in [2.75, 3.05) is 40.3 Å². The van der Waals surface area contributed by atoms with E-state index in [9.17, 15) is 9.59 Å². The molecule has 0 saturated heterocycles. The molecule has 0 aromatic heterocycles.